The van der Waals surface area contributed by atoms with Crippen LogP contribution in [0, 0.1) is 5.92 Å². The molecule has 0 spiro atoms. The summed E-state index contributed by atoms with van der Waals surface area (Å²) in [4.78, 5) is 2.59. The Morgan fingerprint density at radius 1 is 0.913 bits per heavy atom. The van der Waals surface area contributed by atoms with Crippen molar-refractivity contribution in [3.8, 4) is 0 Å². The molecule has 0 aromatic heterocycles. The van der Waals surface area contributed by atoms with E-state index in [4.69, 9.17) is 0 Å². The van der Waals surface area contributed by atoms with E-state index in [9.17, 15) is 0 Å². The van der Waals surface area contributed by atoms with Crippen LogP contribution in [0.1, 0.15) is 30.9 Å². The third-order valence-corrected chi connectivity index (χ3v) is 4.67. The van der Waals surface area contributed by atoms with Crippen molar-refractivity contribution in [1.29, 1.82) is 0 Å². The zero-order valence-electron chi connectivity index (χ0n) is 14.0. The highest BCUT2D eigenvalue weighted by molar-refractivity contribution is 5.41. The molecule has 2 N–H and O–H groups in total. The molecule has 1 saturated heterocycles. The first kappa shape index (κ1) is 16.0. The molecule has 1 heterocycles. The number of anilines is 1. The van der Waals surface area contributed by atoms with Gasteiger partial charge in [-0.05, 0) is 55.1 Å². The number of hydrogen-bond donors (Lipinski definition) is 2. The Balaban J connectivity index is 1.55. The summed E-state index contributed by atoms with van der Waals surface area (Å²) < 4.78 is 0. The molecule has 1 fully saturated rings. The van der Waals surface area contributed by atoms with Crippen LogP contribution in [-0.4, -0.2) is 18.0 Å². The molecule has 3 heteroatoms. The van der Waals surface area contributed by atoms with Crippen LogP contribution in [0.3, 0.4) is 0 Å². The van der Waals surface area contributed by atoms with Crippen LogP contribution >= 0.6 is 0 Å². The van der Waals surface area contributed by atoms with E-state index in [-0.39, 0.29) is 0 Å². The van der Waals surface area contributed by atoms with Crippen LogP contribution < -0.4 is 10.9 Å². The van der Waals surface area contributed by atoms with Gasteiger partial charge in [-0.3, -0.25) is 4.90 Å². The third kappa shape index (κ3) is 4.81. The van der Waals surface area contributed by atoms with Gasteiger partial charge in [-0.15, -0.1) is 0 Å². The van der Waals surface area contributed by atoms with Crippen molar-refractivity contribution in [3.63, 3.8) is 0 Å². The molecule has 122 valence electrons. The number of benzene rings is 2. The van der Waals surface area contributed by atoms with E-state index in [1.54, 1.807) is 0 Å². The van der Waals surface area contributed by atoms with Gasteiger partial charge in [0, 0.05) is 18.8 Å². The number of likely N-dealkylation sites (tertiary alicyclic amines) is 1. The molecule has 0 atom stereocenters. The summed E-state index contributed by atoms with van der Waals surface area (Å²) in [5.41, 5.74) is 10.5. The fraction of sp³-hybridized carbons (Fsp3) is 0.400. The van der Waals surface area contributed by atoms with Gasteiger partial charge in [-0.25, -0.2) is 5.43 Å². The van der Waals surface area contributed by atoms with Crippen LogP contribution in [0.4, 0.5) is 5.69 Å². The first-order valence-electron chi connectivity index (χ1n) is 8.64. The van der Waals surface area contributed by atoms with Crippen LogP contribution in [0.2, 0.25) is 0 Å². The smallest absolute Gasteiger partial charge is 0.0487 e. The van der Waals surface area contributed by atoms with Gasteiger partial charge in [0.15, 0.2) is 0 Å². The summed E-state index contributed by atoms with van der Waals surface area (Å²) in [7, 11) is 0. The van der Waals surface area contributed by atoms with Crippen molar-refractivity contribution in [2.45, 2.75) is 32.9 Å². The van der Waals surface area contributed by atoms with Crippen molar-refractivity contribution in [2.75, 3.05) is 18.5 Å². The molecule has 0 bridgehead atoms. The maximum atomic E-state index is 3.33. The second-order valence-electron chi connectivity index (χ2n) is 6.57. The molecule has 0 saturated carbocycles. The number of nitrogens with zero attached hydrogens (tertiary/aromatic N) is 1. The van der Waals surface area contributed by atoms with Gasteiger partial charge < -0.3 is 5.43 Å². The minimum absolute atomic E-state index is 0.829. The fourth-order valence-corrected chi connectivity index (χ4v) is 3.11. The normalized spacial score (nSPS) is 16.4. The first-order valence-corrected chi connectivity index (χ1v) is 8.64. The Bertz CT molecular complexity index is 589. The zero-order valence-corrected chi connectivity index (χ0v) is 14.0. The molecule has 23 heavy (non-hydrogen) atoms. The van der Waals surface area contributed by atoms with Crippen molar-refractivity contribution >= 4 is 5.69 Å². The van der Waals surface area contributed by atoms with Crippen molar-refractivity contribution in [2.24, 2.45) is 5.92 Å². The summed E-state index contributed by atoms with van der Waals surface area (Å²) in [6.07, 6.45) is 2.66. The fourth-order valence-electron chi connectivity index (χ4n) is 3.11. The lowest BCUT2D eigenvalue weighted by atomic mass is 9.98. The van der Waals surface area contributed by atoms with Crippen molar-refractivity contribution < 1.29 is 0 Å². The largest absolute Gasteiger partial charge is 0.321 e. The van der Waals surface area contributed by atoms with E-state index < -0.39 is 0 Å². The first-order chi connectivity index (χ1) is 11.3. The lowest BCUT2D eigenvalue weighted by molar-refractivity contribution is 0.185. The van der Waals surface area contributed by atoms with Gasteiger partial charge in [0.25, 0.3) is 0 Å². The highest BCUT2D eigenvalue weighted by Gasteiger charge is 2.16. The van der Waals surface area contributed by atoms with Gasteiger partial charge in [-0.2, -0.15) is 0 Å². The lowest BCUT2D eigenvalue weighted by Crippen LogP contribution is -2.33. The van der Waals surface area contributed by atoms with E-state index in [1.807, 2.05) is 18.2 Å². The second-order valence-corrected chi connectivity index (χ2v) is 6.57. The molecule has 3 rings (SSSR count). The lowest BCUT2D eigenvalue weighted by Gasteiger charge is -2.30. The number of hydrazine groups is 1. The van der Waals surface area contributed by atoms with Gasteiger partial charge in [0.1, 0.15) is 0 Å². The predicted octanol–water partition coefficient (Wildman–Crippen LogP) is 4.04. The molecule has 0 amide bonds. The molecular weight excluding hydrogens is 282 g/mol. The van der Waals surface area contributed by atoms with E-state index in [0.29, 0.717) is 0 Å². The minimum atomic E-state index is 0.829. The van der Waals surface area contributed by atoms with E-state index >= 15 is 0 Å². The van der Waals surface area contributed by atoms with Crippen molar-refractivity contribution in [1.82, 2.24) is 10.3 Å². The van der Waals surface area contributed by atoms with Crippen molar-refractivity contribution in [3.05, 3.63) is 65.7 Å². The average Bonchev–Trinajstić information content (AvgIpc) is 2.59. The highest BCUT2D eigenvalue weighted by Crippen LogP contribution is 2.19. The molecule has 0 aliphatic carbocycles. The van der Waals surface area contributed by atoms with Crippen LogP contribution in [0.15, 0.2) is 54.6 Å². The average molecular weight is 309 g/mol. The molecule has 3 nitrogen and oxygen atoms in total. The third-order valence-electron chi connectivity index (χ3n) is 4.67. The number of para-hydroxylation sites is 1. The maximum absolute atomic E-state index is 3.33. The van der Waals surface area contributed by atoms with Gasteiger partial charge in [0.2, 0.25) is 0 Å². The Morgan fingerprint density at radius 2 is 1.57 bits per heavy atom. The predicted molar refractivity (Wildman–Crippen MR) is 97.0 cm³/mol. The van der Waals surface area contributed by atoms with E-state index in [1.165, 1.54) is 37.1 Å². The maximum Gasteiger partial charge on any atom is 0.0487 e. The SMILES string of the molecule is CC1CCN(Cc2ccccc2CNNc2ccccc2)CC1. The Kier molecular flexibility index (Phi) is 5.67. The second kappa shape index (κ2) is 8.14. The Hall–Kier alpha value is -1.84. The Labute approximate surface area is 139 Å². The van der Waals surface area contributed by atoms with Gasteiger partial charge >= 0.3 is 0 Å². The number of piperidine rings is 1. The molecule has 1 aliphatic heterocycles. The summed E-state index contributed by atoms with van der Waals surface area (Å²) in [5.74, 6) is 0.887. The van der Waals surface area contributed by atoms with Gasteiger partial charge in [-0.1, -0.05) is 49.4 Å². The number of rotatable bonds is 6. The summed E-state index contributed by atoms with van der Waals surface area (Å²) in [5, 5.41) is 0. The summed E-state index contributed by atoms with van der Waals surface area (Å²) in [6, 6.07) is 19.0. The van der Waals surface area contributed by atoms with Crippen LogP contribution in [-0.2, 0) is 13.1 Å². The van der Waals surface area contributed by atoms with Gasteiger partial charge in [0.05, 0.1) is 0 Å². The van der Waals surface area contributed by atoms with Crippen LogP contribution in [0.5, 0.6) is 0 Å². The molecular formula is C20H27N3. The van der Waals surface area contributed by atoms with E-state index in [2.05, 4.69) is 59.1 Å². The Morgan fingerprint density at radius 3 is 2.30 bits per heavy atom. The molecule has 2 aromatic carbocycles. The highest BCUT2D eigenvalue weighted by atomic mass is 15.3. The molecule has 1 aliphatic rings. The van der Waals surface area contributed by atoms with E-state index in [0.717, 1.165) is 24.7 Å². The quantitative estimate of drug-likeness (QED) is 0.789. The molecule has 0 unspecified atom stereocenters. The number of nitrogens with one attached hydrogen (secondary N) is 2. The summed E-state index contributed by atoms with van der Waals surface area (Å²) >= 11 is 0. The topological polar surface area (TPSA) is 27.3 Å². The number of hydrogen-bond acceptors (Lipinski definition) is 3. The monoisotopic (exact) mass is 309 g/mol. The molecule has 0 radical (unpaired) electrons. The summed E-state index contributed by atoms with van der Waals surface area (Å²) in [6.45, 7) is 6.71. The van der Waals surface area contributed by atoms with Crippen LogP contribution in [0.25, 0.3) is 0 Å². The molecule has 2 aromatic rings. The minimum Gasteiger partial charge on any atom is -0.321 e. The standard InChI is InChI=1S/C20H27N3/c1-17-11-13-23(14-12-17)16-19-8-6-5-7-18(19)15-21-22-20-9-3-2-4-10-20/h2-10,17,21-22H,11-16H2,1H3. The zero-order chi connectivity index (χ0) is 15.9.